The number of amides is 1. The highest BCUT2D eigenvalue weighted by molar-refractivity contribution is 7.92. The van der Waals surface area contributed by atoms with Crippen LogP contribution in [0.5, 0.6) is 5.75 Å². The molecule has 28 heavy (non-hydrogen) atoms. The molecule has 0 heterocycles. The van der Waals surface area contributed by atoms with Crippen LogP contribution in [0.2, 0.25) is 5.02 Å². The van der Waals surface area contributed by atoms with Crippen LogP contribution in [-0.2, 0) is 14.8 Å². The molecule has 0 saturated heterocycles. The number of sulfonamides is 1. The average Bonchev–Trinajstić information content (AvgIpc) is 2.62. The van der Waals surface area contributed by atoms with E-state index in [0.29, 0.717) is 10.8 Å². The number of anilines is 1. The summed E-state index contributed by atoms with van der Waals surface area (Å²) < 4.78 is 43.9. The van der Waals surface area contributed by atoms with Gasteiger partial charge in [0.2, 0.25) is 15.9 Å². The Bertz CT molecular complexity index is 935. The number of ether oxygens (including phenoxy) is 1. The normalized spacial score (nSPS) is 12.3. The first-order valence-electron chi connectivity index (χ1n) is 8.51. The first-order chi connectivity index (χ1) is 13.1. The van der Waals surface area contributed by atoms with Crippen LogP contribution in [0.3, 0.4) is 0 Å². The van der Waals surface area contributed by atoms with E-state index in [1.807, 2.05) is 13.0 Å². The number of benzene rings is 2. The van der Waals surface area contributed by atoms with Crippen LogP contribution in [0.4, 0.5) is 10.1 Å². The summed E-state index contributed by atoms with van der Waals surface area (Å²) >= 11 is 6.03. The van der Waals surface area contributed by atoms with Crippen LogP contribution in [-0.4, -0.2) is 39.8 Å². The third-order valence-corrected chi connectivity index (χ3v) is 5.63. The Morgan fingerprint density at radius 2 is 1.89 bits per heavy atom. The highest BCUT2D eigenvalue weighted by Crippen LogP contribution is 2.22. The molecule has 0 aliphatic carbocycles. The number of nitrogens with zero attached hydrogens (tertiary/aromatic N) is 1. The Balaban J connectivity index is 1.97. The van der Waals surface area contributed by atoms with Gasteiger partial charge >= 0.3 is 0 Å². The molecule has 0 spiro atoms. The zero-order valence-corrected chi connectivity index (χ0v) is 17.3. The number of rotatable bonds is 8. The molecule has 1 amide bonds. The maximum absolute atomic E-state index is 13.1. The SMILES string of the molecule is Cc1ccc(OCCNC(=O)[C@@H](C)N(c2ccc(F)cc2)S(C)(=O)=O)cc1Cl. The average molecular weight is 429 g/mol. The van der Waals surface area contributed by atoms with Crippen molar-refractivity contribution in [2.75, 3.05) is 23.7 Å². The van der Waals surface area contributed by atoms with Gasteiger partial charge in [-0.2, -0.15) is 0 Å². The van der Waals surface area contributed by atoms with Crippen LogP contribution < -0.4 is 14.4 Å². The van der Waals surface area contributed by atoms with Gasteiger partial charge in [-0.1, -0.05) is 17.7 Å². The molecule has 2 aromatic rings. The van der Waals surface area contributed by atoms with Crippen molar-refractivity contribution in [2.45, 2.75) is 19.9 Å². The smallest absolute Gasteiger partial charge is 0.243 e. The molecule has 2 aromatic carbocycles. The van der Waals surface area contributed by atoms with E-state index < -0.39 is 27.8 Å². The molecule has 0 aromatic heterocycles. The Morgan fingerprint density at radius 3 is 2.46 bits per heavy atom. The Labute approximate surface area is 169 Å². The fraction of sp³-hybridized carbons (Fsp3) is 0.316. The molecule has 1 N–H and O–H groups in total. The van der Waals surface area contributed by atoms with Gasteiger partial charge in [-0.05, 0) is 55.8 Å². The van der Waals surface area contributed by atoms with E-state index in [4.69, 9.17) is 16.3 Å². The van der Waals surface area contributed by atoms with Crippen molar-refractivity contribution < 1.29 is 22.3 Å². The molecular formula is C19H22ClFN2O4S. The minimum atomic E-state index is -3.75. The number of aryl methyl sites for hydroxylation is 1. The van der Waals surface area contributed by atoms with E-state index in [1.165, 1.54) is 19.1 Å². The lowest BCUT2D eigenvalue weighted by molar-refractivity contribution is -0.121. The topological polar surface area (TPSA) is 75.7 Å². The summed E-state index contributed by atoms with van der Waals surface area (Å²) in [6.07, 6.45) is 0.990. The van der Waals surface area contributed by atoms with Crippen molar-refractivity contribution >= 4 is 33.2 Å². The third-order valence-electron chi connectivity index (χ3n) is 3.98. The van der Waals surface area contributed by atoms with Crippen molar-refractivity contribution in [3.8, 4) is 5.75 Å². The lowest BCUT2D eigenvalue weighted by atomic mass is 10.2. The van der Waals surface area contributed by atoms with Gasteiger partial charge in [0.05, 0.1) is 18.5 Å². The maximum Gasteiger partial charge on any atom is 0.243 e. The number of hydrogen-bond acceptors (Lipinski definition) is 4. The first-order valence-corrected chi connectivity index (χ1v) is 10.7. The lowest BCUT2D eigenvalue weighted by Crippen LogP contribution is -2.48. The summed E-state index contributed by atoms with van der Waals surface area (Å²) in [5.74, 6) is -0.426. The Morgan fingerprint density at radius 1 is 1.25 bits per heavy atom. The second-order valence-electron chi connectivity index (χ2n) is 6.26. The maximum atomic E-state index is 13.1. The molecule has 6 nitrogen and oxygen atoms in total. The Hall–Kier alpha value is -2.32. The van der Waals surface area contributed by atoms with Gasteiger partial charge in [-0.25, -0.2) is 12.8 Å². The molecule has 0 unspecified atom stereocenters. The molecule has 0 aliphatic rings. The van der Waals surface area contributed by atoms with Crippen LogP contribution >= 0.6 is 11.6 Å². The standard InChI is InChI=1S/C19H22ClFN2O4S/c1-13-4-9-17(12-18(13)20)27-11-10-22-19(24)14(2)23(28(3,25)26)16-7-5-15(21)6-8-16/h4-9,12,14H,10-11H2,1-3H3,(H,22,24)/t14-/m1/s1. The van der Waals surface area contributed by atoms with Crippen LogP contribution in [0.25, 0.3) is 0 Å². The zero-order valence-electron chi connectivity index (χ0n) is 15.8. The summed E-state index contributed by atoms with van der Waals surface area (Å²) in [5.41, 5.74) is 1.13. The number of halogens is 2. The minimum absolute atomic E-state index is 0.176. The molecule has 152 valence electrons. The second kappa shape index (κ2) is 9.25. The minimum Gasteiger partial charge on any atom is -0.492 e. The van der Waals surface area contributed by atoms with Crippen LogP contribution in [0, 0.1) is 12.7 Å². The molecule has 0 fully saturated rings. The zero-order chi connectivity index (χ0) is 20.9. The first kappa shape index (κ1) is 22.0. The van der Waals surface area contributed by atoms with E-state index in [9.17, 15) is 17.6 Å². The van der Waals surface area contributed by atoms with E-state index in [2.05, 4.69) is 5.32 Å². The van der Waals surface area contributed by atoms with Crippen LogP contribution in [0.1, 0.15) is 12.5 Å². The van der Waals surface area contributed by atoms with Crippen molar-refractivity contribution in [3.05, 3.63) is 58.9 Å². The second-order valence-corrected chi connectivity index (χ2v) is 8.53. The van der Waals surface area contributed by atoms with Gasteiger partial charge in [0.25, 0.3) is 0 Å². The van der Waals surface area contributed by atoms with E-state index in [1.54, 1.807) is 12.1 Å². The van der Waals surface area contributed by atoms with Gasteiger partial charge in [0, 0.05) is 5.02 Å². The fourth-order valence-electron chi connectivity index (χ4n) is 2.55. The molecule has 2 rings (SSSR count). The summed E-state index contributed by atoms with van der Waals surface area (Å²) in [4.78, 5) is 12.4. The van der Waals surface area contributed by atoms with E-state index in [-0.39, 0.29) is 18.8 Å². The number of nitrogens with one attached hydrogen (secondary N) is 1. The van der Waals surface area contributed by atoms with Crippen molar-refractivity contribution in [1.82, 2.24) is 5.32 Å². The van der Waals surface area contributed by atoms with Crippen molar-refractivity contribution in [1.29, 1.82) is 0 Å². The van der Waals surface area contributed by atoms with Gasteiger partial charge in [0.1, 0.15) is 24.2 Å². The molecule has 1 atom stereocenters. The van der Waals surface area contributed by atoms with Gasteiger partial charge in [0.15, 0.2) is 0 Å². The predicted octanol–water partition coefficient (Wildman–Crippen LogP) is 3.14. The third kappa shape index (κ3) is 5.84. The van der Waals surface area contributed by atoms with Crippen LogP contribution in [0.15, 0.2) is 42.5 Å². The van der Waals surface area contributed by atoms with Crippen molar-refractivity contribution in [3.63, 3.8) is 0 Å². The number of hydrogen-bond donors (Lipinski definition) is 1. The molecule has 0 bridgehead atoms. The largest absolute Gasteiger partial charge is 0.492 e. The molecular weight excluding hydrogens is 407 g/mol. The van der Waals surface area contributed by atoms with Gasteiger partial charge in [-0.3, -0.25) is 9.10 Å². The molecule has 0 aliphatic heterocycles. The number of carbonyl (C=O) groups is 1. The highest BCUT2D eigenvalue weighted by atomic mass is 35.5. The summed E-state index contributed by atoms with van der Waals surface area (Å²) in [7, 11) is -3.75. The lowest BCUT2D eigenvalue weighted by Gasteiger charge is -2.28. The molecule has 0 saturated carbocycles. The van der Waals surface area contributed by atoms with Gasteiger partial charge < -0.3 is 10.1 Å². The Kier molecular flexibility index (Phi) is 7.26. The quantitative estimate of drug-likeness (QED) is 0.655. The predicted molar refractivity (Wildman–Crippen MR) is 108 cm³/mol. The van der Waals surface area contributed by atoms with E-state index in [0.717, 1.165) is 28.3 Å². The van der Waals surface area contributed by atoms with Gasteiger partial charge in [-0.15, -0.1) is 0 Å². The molecule has 9 heteroatoms. The molecule has 0 radical (unpaired) electrons. The van der Waals surface area contributed by atoms with Crippen molar-refractivity contribution in [2.24, 2.45) is 0 Å². The fourth-order valence-corrected chi connectivity index (χ4v) is 3.90. The number of carbonyl (C=O) groups excluding carboxylic acids is 1. The summed E-state index contributed by atoms with van der Waals surface area (Å²) in [6, 6.07) is 9.15. The summed E-state index contributed by atoms with van der Waals surface area (Å²) in [6.45, 7) is 3.70. The summed E-state index contributed by atoms with van der Waals surface area (Å²) in [5, 5.41) is 3.22. The van der Waals surface area contributed by atoms with E-state index >= 15 is 0 Å². The monoisotopic (exact) mass is 428 g/mol. The highest BCUT2D eigenvalue weighted by Gasteiger charge is 2.28.